The second-order valence-corrected chi connectivity index (χ2v) is 15.8. The lowest BCUT2D eigenvalue weighted by Crippen LogP contribution is -2.48. The van der Waals surface area contributed by atoms with Crippen LogP contribution in [0.3, 0.4) is 0 Å². The SMILES string of the molecule is CC(C)(C)CCN1CCC2(CC1)CCN(S(=O)(=O)c1ccc(N3CCS(=O)(=O)CC3)nc1)CC2. The van der Waals surface area contributed by atoms with E-state index in [9.17, 15) is 16.8 Å². The molecule has 0 aromatic carbocycles. The predicted octanol–water partition coefficient (Wildman–Crippen LogP) is 2.62. The van der Waals surface area contributed by atoms with E-state index in [0.29, 0.717) is 37.4 Å². The Morgan fingerprint density at radius 1 is 0.941 bits per heavy atom. The highest BCUT2D eigenvalue weighted by atomic mass is 32.2. The first-order chi connectivity index (χ1) is 15.9. The Morgan fingerprint density at radius 2 is 1.53 bits per heavy atom. The Hall–Kier alpha value is -1.23. The summed E-state index contributed by atoms with van der Waals surface area (Å²) in [5.74, 6) is 0.849. The minimum atomic E-state index is -3.57. The third-order valence-electron chi connectivity index (χ3n) is 7.90. The number of hydrogen-bond donors (Lipinski definition) is 0. The van der Waals surface area contributed by atoms with E-state index in [1.54, 1.807) is 16.4 Å². The van der Waals surface area contributed by atoms with Crippen LogP contribution >= 0.6 is 0 Å². The molecular weight excluding hydrogens is 472 g/mol. The van der Waals surface area contributed by atoms with Crippen LogP contribution < -0.4 is 4.90 Å². The molecule has 8 nitrogen and oxygen atoms in total. The molecule has 34 heavy (non-hydrogen) atoms. The average molecular weight is 513 g/mol. The zero-order valence-electron chi connectivity index (χ0n) is 20.9. The number of nitrogens with zero attached hydrogens (tertiary/aromatic N) is 4. The quantitative estimate of drug-likeness (QED) is 0.599. The summed E-state index contributed by atoms with van der Waals surface area (Å²) in [5, 5.41) is 0. The normalized spacial score (nSPS) is 24.4. The highest BCUT2D eigenvalue weighted by molar-refractivity contribution is 7.91. The van der Waals surface area contributed by atoms with Gasteiger partial charge in [-0.05, 0) is 74.7 Å². The molecule has 1 spiro atoms. The summed E-state index contributed by atoms with van der Waals surface area (Å²) in [6.07, 6.45) is 6.79. The average Bonchev–Trinajstić information content (AvgIpc) is 2.79. The summed E-state index contributed by atoms with van der Waals surface area (Å²) < 4.78 is 51.4. The molecule has 3 saturated heterocycles. The smallest absolute Gasteiger partial charge is 0.244 e. The lowest BCUT2D eigenvalue weighted by Gasteiger charge is -2.46. The molecule has 0 saturated carbocycles. The summed E-state index contributed by atoms with van der Waals surface area (Å²) in [6, 6.07) is 3.31. The molecule has 0 aliphatic carbocycles. The first-order valence-electron chi connectivity index (χ1n) is 12.5. The number of sulfone groups is 1. The molecule has 0 amide bonds. The Kier molecular flexibility index (Phi) is 7.35. The maximum atomic E-state index is 13.2. The monoisotopic (exact) mass is 512 g/mol. The number of anilines is 1. The number of likely N-dealkylation sites (tertiary alicyclic amines) is 1. The van der Waals surface area contributed by atoms with Crippen molar-refractivity contribution in [1.29, 1.82) is 0 Å². The third kappa shape index (κ3) is 6.12. The molecule has 3 fully saturated rings. The molecule has 4 rings (SSSR count). The van der Waals surface area contributed by atoms with Crippen molar-refractivity contribution in [3.63, 3.8) is 0 Å². The second kappa shape index (κ2) is 9.67. The molecule has 0 bridgehead atoms. The number of hydrogen-bond acceptors (Lipinski definition) is 7. The lowest BCUT2D eigenvalue weighted by atomic mass is 9.71. The van der Waals surface area contributed by atoms with E-state index in [1.165, 1.54) is 12.6 Å². The van der Waals surface area contributed by atoms with Crippen molar-refractivity contribution < 1.29 is 16.8 Å². The summed E-state index contributed by atoms with van der Waals surface area (Å²) in [6.45, 7) is 12.2. The van der Waals surface area contributed by atoms with E-state index in [-0.39, 0.29) is 21.8 Å². The molecule has 0 atom stereocenters. The molecule has 10 heteroatoms. The first kappa shape index (κ1) is 25.9. The minimum Gasteiger partial charge on any atom is -0.355 e. The largest absolute Gasteiger partial charge is 0.355 e. The van der Waals surface area contributed by atoms with Crippen LogP contribution in [0.15, 0.2) is 23.2 Å². The van der Waals surface area contributed by atoms with E-state index in [1.807, 2.05) is 4.90 Å². The summed E-state index contributed by atoms with van der Waals surface area (Å²) >= 11 is 0. The first-order valence-corrected chi connectivity index (χ1v) is 15.8. The van der Waals surface area contributed by atoms with Gasteiger partial charge >= 0.3 is 0 Å². The zero-order valence-corrected chi connectivity index (χ0v) is 22.5. The Morgan fingerprint density at radius 3 is 2.06 bits per heavy atom. The molecule has 0 radical (unpaired) electrons. The zero-order chi connectivity index (χ0) is 24.6. The van der Waals surface area contributed by atoms with Crippen molar-refractivity contribution in [2.75, 3.05) is 62.2 Å². The van der Waals surface area contributed by atoms with Crippen LogP contribution in [0.25, 0.3) is 0 Å². The van der Waals surface area contributed by atoms with Gasteiger partial charge in [-0.3, -0.25) is 0 Å². The van der Waals surface area contributed by atoms with Crippen LogP contribution in [0.1, 0.15) is 52.9 Å². The van der Waals surface area contributed by atoms with Crippen LogP contribution in [0.2, 0.25) is 0 Å². The topological polar surface area (TPSA) is 90.9 Å². The highest BCUT2D eigenvalue weighted by Gasteiger charge is 2.40. The molecule has 4 heterocycles. The number of aromatic nitrogens is 1. The van der Waals surface area contributed by atoms with Gasteiger partial charge in [-0.1, -0.05) is 20.8 Å². The van der Waals surface area contributed by atoms with Gasteiger partial charge in [-0.25, -0.2) is 21.8 Å². The van der Waals surface area contributed by atoms with E-state index in [4.69, 9.17) is 0 Å². The van der Waals surface area contributed by atoms with E-state index in [2.05, 4.69) is 30.7 Å². The number of piperidine rings is 2. The van der Waals surface area contributed by atoms with Crippen molar-refractivity contribution in [3.8, 4) is 0 Å². The summed E-state index contributed by atoms with van der Waals surface area (Å²) in [5.41, 5.74) is 0.636. The maximum Gasteiger partial charge on any atom is 0.244 e. The van der Waals surface area contributed by atoms with E-state index >= 15 is 0 Å². The van der Waals surface area contributed by atoms with Crippen LogP contribution in [0.4, 0.5) is 5.82 Å². The van der Waals surface area contributed by atoms with Crippen LogP contribution in [-0.2, 0) is 19.9 Å². The summed E-state index contributed by atoms with van der Waals surface area (Å²) in [7, 11) is -6.54. The number of rotatable bonds is 5. The fraction of sp³-hybridized carbons (Fsp3) is 0.792. The van der Waals surface area contributed by atoms with Gasteiger partial charge in [0.05, 0.1) is 11.5 Å². The van der Waals surface area contributed by atoms with E-state index < -0.39 is 19.9 Å². The van der Waals surface area contributed by atoms with Gasteiger partial charge in [0.15, 0.2) is 9.84 Å². The van der Waals surface area contributed by atoms with Crippen molar-refractivity contribution in [2.24, 2.45) is 10.8 Å². The predicted molar refractivity (Wildman–Crippen MR) is 135 cm³/mol. The summed E-state index contributed by atoms with van der Waals surface area (Å²) in [4.78, 5) is 9.05. The standard InChI is InChI=1S/C24H40N4O4S2/c1-23(2,3)6-11-26-12-7-24(8-13-26)9-14-28(15-10-24)34(31,32)21-4-5-22(25-20-21)27-16-18-33(29,30)19-17-27/h4-5,20H,6-19H2,1-3H3. The number of pyridine rings is 1. The van der Waals surface area contributed by atoms with Gasteiger partial charge in [-0.2, -0.15) is 4.31 Å². The Bertz CT molecular complexity index is 1030. The lowest BCUT2D eigenvalue weighted by molar-refractivity contribution is 0.0518. The molecule has 1 aromatic heterocycles. The Labute approximate surface area is 205 Å². The van der Waals surface area contributed by atoms with E-state index in [0.717, 1.165) is 45.3 Å². The second-order valence-electron chi connectivity index (χ2n) is 11.5. The van der Waals surface area contributed by atoms with Crippen molar-refractivity contribution in [2.45, 2.75) is 57.8 Å². The van der Waals surface area contributed by atoms with Gasteiger partial charge in [-0.15, -0.1) is 0 Å². The van der Waals surface area contributed by atoms with Crippen molar-refractivity contribution in [1.82, 2.24) is 14.2 Å². The van der Waals surface area contributed by atoms with Crippen LogP contribution in [-0.4, -0.2) is 88.3 Å². The van der Waals surface area contributed by atoms with Crippen molar-refractivity contribution in [3.05, 3.63) is 18.3 Å². The van der Waals surface area contributed by atoms with Gasteiger partial charge in [0.2, 0.25) is 10.0 Å². The van der Waals surface area contributed by atoms with Gasteiger partial charge < -0.3 is 9.80 Å². The third-order valence-corrected chi connectivity index (χ3v) is 11.4. The van der Waals surface area contributed by atoms with Crippen molar-refractivity contribution >= 4 is 25.7 Å². The molecule has 0 N–H and O–H groups in total. The highest BCUT2D eigenvalue weighted by Crippen LogP contribution is 2.42. The fourth-order valence-electron chi connectivity index (χ4n) is 5.25. The fourth-order valence-corrected chi connectivity index (χ4v) is 7.84. The van der Waals surface area contributed by atoms with Crippen LogP contribution in [0.5, 0.6) is 0 Å². The Balaban J connectivity index is 1.31. The molecule has 3 aliphatic rings. The molecule has 1 aromatic rings. The minimum absolute atomic E-state index is 0.110. The molecular formula is C24H40N4O4S2. The molecule has 192 valence electrons. The van der Waals surface area contributed by atoms with Crippen LogP contribution in [0, 0.1) is 10.8 Å². The van der Waals surface area contributed by atoms with Gasteiger partial charge in [0.1, 0.15) is 10.7 Å². The number of sulfonamides is 1. The molecule has 3 aliphatic heterocycles. The molecule has 0 unspecified atom stereocenters. The maximum absolute atomic E-state index is 13.2. The van der Waals surface area contributed by atoms with Gasteiger partial charge in [0.25, 0.3) is 0 Å². The van der Waals surface area contributed by atoms with Gasteiger partial charge in [0, 0.05) is 32.4 Å².